The highest BCUT2D eigenvalue weighted by Crippen LogP contribution is 2.34. The molecule has 0 aromatic rings. The molecule has 16 heavy (non-hydrogen) atoms. The molecule has 0 heterocycles. The smallest absolute Gasteiger partial charge is 0.332 e. The first kappa shape index (κ1) is 13.0. The minimum absolute atomic E-state index is 0.202. The molecular weight excluding hydrogens is 208 g/mol. The molecular formula is C11H20N2O3. The normalized spacial score (nSPS) is 24.7. The maximum Gasteiger partial charge on any atom is 0.332 e. The van der Waals surface area contributed by atoms with Crippen molar-refractivity contribution in [2.75, 3.05) is 6.61 Å². The summed E-state index contributed by atoms with van der Waals surface area (Å²) in [5, 5.41) is 2.76. The van der Waals surface area contributed by atoms with Crippen molar-refractivity contribution in [3.63, 3.8) is 0 Å². The topological polar surface area (TPSA) is 81.4 Å². The zero-order valence-electron chi connectivity index (χ0n) is 9.86. The van der Waals surface area contributed by atoms with Gasteiger partial charge in [0.15, 0.2) is 6.04 Å². The van der Waals surface area contributed by atoms with Crippen LogP contribution in [0.5, 0.6) is 0 Å². The highest BCUT2D eigenvalue weighted by molar-refractivity contribution is 6.01. The summed E-state index contributed by atoms with van der Waals surface area (Å²) in [5.74, 6) is -0.530. The van der Waals surface area contributed by atoms with Crippen LogP contribution in [0.25, 0.3) is 0 Å². The number of ether oxygens (including phenoxy) is 1. The zero-order chi connectivity index (χ0) is 12.1. The van der Waals surface area contributed by atoms with Crippen molar-refractivity contribution in [2.45, 2.75) is 45.2 Å². The van der Waals surface area contributed by atoms with Crippen molar-refractivity contribution < 1.29 is 14.3 Å². The van der Waals surface area contributed by atoms with E-state index in [0.29, 0.717) is 5.92 Å². The molecule has 0 saturated heterocycles. The van der Waals surface area contributed by atoms with E-state index in [2.05, 4.69) is 17.0 Å². The van der Waals surface area contributed by atoms with Crippen molar-refractivity contribution in [3.8, 4) is 0 Å². The van der Waals surface area contributed by atoms with Crippen LogP contribution in [0.3, 0.4) is 0 Å². The van der Waals surface area contributed by atoms with Crippen molar-refractivity contribution >= 4 is 11.9 Å². The number of nitrogens with two attached hydrogens (primary N) is 1. The summed E-state index contributed by atoms with van der Waals surface area (Å²) >= 11 is 0. The Hall–Kier alpha value is -1.10. The average molecular weight is 228 g/mol. The van der Waals surface area contributed by atoms with E-state index in [4.69, 9.17) is 5.73 Å². The molecule has 1 amide bonds. The van der Waals surface area contributed by atoms with Crippen LogP contribution in [0.15, 0.2) is 0 Å². The van der Waals surface area contributed by atoms with Crippen LogP contribution in [0.1, 0.15) is 33.1 Å². The minimum Gasteiger partial charge on any atom is -0.464 e. The van der Waals surface area contributed by atoms with E-state index in [9.17, 15) is 9.59 Å². The fraction of sp³-hybridized carbons (Fsp3) is 0.818. The van der Waals surface area contributed by atoms with Gasteiger partial charge in [-0.1, -0.05) is 13.3 Å². The molecule has 5 nitrogen and oxygen atoms in total. The predicted octanol–water partition coefficient (Wildman–Crippen LogP) is 0.182. The number of carbonyl (C=O) groups excluding carboxylic acids is 2. The number of esters is 1. The SMILES string of the molecule is CCCC1CC1NC(=O)C(N)C(=O)OCC. The molecule has 1 aliphatic rings. The molecule has 3 N–H and O–H groups in total. The Kier molecular flexibility index (Phi) is 4.73. The van der Waals surface area contributed by atoms with Crippen molar-refractivity contribution in [1.82, 2.24) is 5.32 Å². The number of nitrogens with one attached hydrogen (secondary N) is 1. The lowest BCUT2D eigenvalue weighted by atomic mass is 10.2. The van der Waals surface area contributed by atoms with Gasteiger partial charge in [0.05, 0.1) is 6.61 Å². The third-order valence-electron chi connectivity index (χ3n) is 2.73. The lowest BCUT2D eigenvalue weighted by Crippen LogP contribution is -2.47. The van der Waals surface area contributed by atoms with Gasteiger partial charge in [-0.3, -0.25) is 4.79 Å². The highest BCUT2D eigenvalue weighted by atomic mass is 16.5. The summed E-state index contributed by atoms with van der Waals surface area (Å²) in [5.41, 5.74) is 5.46. The Balaban J connectivity index is 2.28. The number of hydrogen-bond acceptors (Lipinski definition) is 4. The molecule has 0 spiro atoms. The van der Waals surface area contributed by atoms with Crippen molar-refractivity contribution in [1.29, 1.82) is 0 Å². The Morgan fingerprint density at radius 1 is 1.50 bits per heavy atom. The maximum absolute atomic E-state index is 11.5. The maximum atomic E-state index is 11.5. The van der Waals surface area contributed by atoms with Gasteiger partial charge >= 0.3 is 5.97 Å². The highest BCUT2D eigenvalue weighted by Gasteiger charge is 2.38. The van der Waals surface area contributed by atoms with E-state index < -0.39 is 17.9 Å². The quantitative estimate of drug-likeness (QED) is 0.502. The lowest BCUT2D eigenvalue weighted by Gasteiger charge is -2.10. The van der Waals surface area contributed by atoms with Crippen LogP contribution in [-0.2, 0) is 14.3 Å². The van der Waals surface area contributed by atoms with Gasteiger partial charge in [-0.25, -0.2) is 4.79 Å². The van der Waals surface area contributed by atoms with Crippen LogP contribution in [0, 0.1) is 5.92 Å². The van der Waals surface area contributed by atoms with Crippen LogP contribution >= 0.6 is 0 Å². The largest absolute Gasteiger partial charge is 0.464 e. The van der Waals surface area contributed by atoms with E-state index in [0.717, 1.165) is 19.3 Å². The molecule has 0 aliphatic heterocycles. The molecule has 5 heteroatoms. The molecule has 0 bridgehead atoms. The van der Waals surface area contributed by atoms with Gasteiger partial charge < -0.3 is 15.8 Å². The summed E-state index contributed by atoms with van der Waals surface area (Å²) in [7, 11) is 0. The standard InChI is InChI=1S/C11H20N2O3/c1-3-5-7-6-8(7)13-10(14)9(12)11(15)16-4-2/h7-9H,3-6,12H2,1-2H3,(H,13,14). The zero-order valence-corrected chi connectivity index (χ0v) is 9.86. The summed E-state index contributed by atoms with van der Waals surface area (Å²) in [6.45, 7) is 4.03. The minimum atomic E-state index is -1.19. The van der Waals surface area contributed by atoms with Gasteiger partial charge in [-0.15, -0.1) is 0 Å². The second kappa shape index (κ2) is 5.84. The van der Waals surface area contributed by atoms with E-state index in [1.807, 2.05) is 0 Å². The monoisotopic (exact) mass is 228 g/mol. The van der Waals surface area contributed by atoms with Crippen LogP contribution < -0.4 is 11.1 Å². The van der Waals surface area contributed by atoms with Crippen LogP contribution in [0.2, 0.25) is 0 Å². The molecule has 0 aromatic heterocycles. The Morgan fingerprint density at radius 2 is 2.19 bits per heavy atom. The fourth-order valence-corrected chi connectivity index (χ4v) is 1.73. The molecule has 1 rings (SSSR count). The van der Waals surface area contributed by atoms with Crippen LogP contribution in [0.4, 0.5) is 0 Å². The third-order valence-corrected chi connectivity index (χ3v) is 2.73. The summed E-state index contributed by atoms with van der Waals surface area (Å²) in [4.78, 5) is 22.7. The summed E-state index contributed by atoms with van der Waals surface area (Å²) in [6.07, 6.45) is 3.22. The van der Waals surface area contributed by atoms with E-state index in [1.54, 1.807) is 6.92 Å². The van der Waals surface area contributed by atoms with E-state index in [1.165, 1.54) is 0 Å². The Morgan fingerprint density at radius 3 is 2.75 bits per heavy atom. The fourth-order valence-electron chi connectivity index (χ4n) is 1.73. The third kappa shape index (κ3) is 3.48. The molecule has 1 fully saturated rings. The molecule has 0 radical (unpaired) electrons. The average Bonchev–Trinajstić information content (AvgIpc) is 2.96. The van der Waals surface area contributed by atoms with Crippen LogP contribution in [-0.4, -0.2) is 30.6 Å². The van der Waals surface area contributed by atoms with Gasteiger partial charge in [-0.05, 0) is 25.7 Å². The number of amides is 1. The van der Waals surface area contributed by atoms with E-state index in [-0.39, 0.29) is 12.6 Å². The molecule has 3 atom stereocenters. The van der Waals surface area contributed by atoms with Crippen molar-refractivity contribution in [2.24, 2.45) is 11.7 Å². The molecule has 92 valence electrons. The van der Waals surface area contributed by atoms with Gasteiger partial charge in [-0.2, -0.15) is 0 Å². The number of hydrogen-bond donors (Lipinski definition) is 2. The number of carbonyl (C=O) groups is 2. The van der Waals surface area contributed by atoms with Gasteiger partial charge in [0.2, 0.25) is 5.91 Å². The predicted molar refractivity (Wildman–Crippen MR) is 59.6 cm³/mol. The lowest BCUT2D eigenvalue weighted by molar-refractivity contribution is -0.148. The number of rotatable bonds is 6. The van der Waals surface area contributed by atoms with Crippen molar-refractivity contribution in [3.05, 3.63) is 0 Å². The molecule has 1 saturated carbocycles. The second-order valence-electron chi connectivity index (χ2n) is 4.13. The first-order valence-corrected chi connectivity index (χ1v) is 5.82. The second-order valence-corrected chi connectivity index (χ2v) is 4.13. The Bertz CT molecular complexity index is 268. The summed E-state index contributed by atoms with van der Waals surface area (Å²) < 4.78 is 4.68. The summed E-state index contributed by atoms with van der Waals surface area (Å²) in [6, 6.07) is -0.990. The van der Waals surface area contributed by atoms with Gasteiger partial charge in [0.1, 0.15) is 0 Å². The van der Waals surface area contributed by atoms with Gasteiger partial charge in [0.25, 0.3) is 0 Å². The molecule has 1 aliphatic carbocycles. The molecule has 3 unspecified atom stereocenters. The first-order valence-electron chi connectivity index (χ1n) is 5.82. The molecule has 0 aromatic carbocycles. The van der Waals surface area contributed by atoms with E-state index >= 15 is 0 Å². The van der Waals surface area contributed by atoms with Gasteiger partial charge in [0, 0.05) is 6.04 Å². The first-order chi connectivity index (χ1) is 7.60. The Labute approximate surface area is 95.7 Å².